The molecule has 0 atom stereocenters. The zero-order chi connectivity index (χ0) is 18.1. The van der Waals surface area contributed by atoms with Crippen molar-refractivity contribution in [3.63, 3.8) is 0 Å². The Balaban J connectivity index is 2.54. The lowest BCUT2D eigenvalue weighted by atomic mass is 9.94. The highest BCUT2D eigenvalue weighted by atomic mass is 16.5. The summed E-state index contributed by atoms with van der Waals surface area (Å²) in [4.78, 5) is 12.4. The Morgan fingerprint density at radius 2 is 1.58 bits per heavy atom. The summed E-state index contributed by atoms with van der Waals surface area (Å²) >= 11 is 0. The molecule has 2 rings (SSSR count). The van der Waals surface area contributed by atoms with Gasteiger partial charge in [0.25, 0.3) is 0 Å². The number of carbonyl (C=O) groups is 1. The van der Waals surface area contributed by atoms with Crippen molar-refractivity contribution in [2.24, 2.45) is 5.41 Å². The monoisotopic (exact) mass is 325 g/mol. The minimum atomic E-state index is -0.438. The minimum absolute atomic E-state index is 0.0105. The fourth-order valence-electron chi connectivity index (χ4n) is 2.75. The molecule has 0 aromatic heterocycles. The molecule has 0 aliphatic heterocycles. The highest BCUT2D eigenvalue weighted by Gasteiger charge is 2.22. The molecular formula is C21H27NO2. The molecular weight excluding hydrogens is 298 g/mol. The first-order chi connectivity index (χ1) is 11.1. The lowest BCUT2D eigenvalue weighted by Gasteiger charge is -2.20. The van der Waals surface area contributed by atoms with Gasteiger partial charge in [-0.3, -0.25) is 4.79 Å². The third-order valence-corrected chi connectivity index (χ3v) is 4.08. The van der Waals surface area contributed by atoms with E-state index in [0.717, 1.165) is 39.3 Å². The van der Waals surface area contributed by atoms with Gasteiger partial charge in [0.15, 0.2) is 0 Å². The fraction of sp³-hybridized carbons (Fsp3) is 0.381. The average molecular weight is 325 g/mol. The van der Waals surface area contributed by atoms with Gasteiger partial charge in [0.2, 0.25) is 5.91 Å². The molecule has 0 saturated carbocycles. The van der Waals surface area contributed by atoms with Crippen LogP contribution in [0.3, 0.4) is 0 Å². The summed E-state index contributed by atoms with van der Waals surface area (Å²) < 4.78 is 5.46. The smallest absolute Gasteiger partial charge is 0.229 e. The molecule has 1 N–H and O–H groups in total. The molecule has 1 amide bonds. The number of carbonyl (C=O) groups excluding carboxylic acids is 1. The highest BCUT2D eigenvalue weighted by molar-refractivity contribution is 5.98. The van der Waals surface area contributed by atoms with Crippen LogP contribution in [0.1, 0.15) is 37.5 Å². The Morgan fingerprint density at radius 1 is 1.00 bits per heavy atom. The lowest BCUT2D eigenvalue weighted by Crippen LogP contribution is -2.27. The van der Waals surface area contributed by atoms with Crippen molar-refractivity contribution in [2.75, 3.05) is 12.4 Å². The Labute approximate surface area is 145 Å². The number of ether oxygens (including phenoxy) is 1. The molecule has 3 nitrogen and oxygen atoms in total. The average Bonchev–Trinajstić information content (AvgIpc) is 2.46. The molecule has 128 valence electrons. The minimum Gasteiger partial charge on any atom is -0.496 e. The Kier molecular flexibility index (Phi) is 5.02. The third kappa shape index (κ3) is 3.78. The fourth-order valence-corrected chi connectivity index (χ4v) is 2.75. The molecule has 0 unspecified atom stereocenters. The summed E-state index contributed by atoms with van der Waals surface area (Å²) in [7, 11) is 1.69. The van der Waals surface area contributed by atoms with Gasteiger partial charge >= 0.3 is 0 Å². The summed E-state index contributed by atoms with van der Waals surface area (Å²) in [5.41, 5.74) is 5.79. The molecule has 0 saturated heterocycles. The lowest BCUT2D eigenvalue weighted by molar-refractivity contribution is -0.123. The van der Waals surface area contributed by atoms with E-state index >= 15 is 0 Å². The van der Waals surface area contributed by atoms with Gasteiger partial charge in [-0.1, -0.05) is 32.9 Å². The van der Waals surface area contributed by atoms with Crippen molar-refractivity contribution in [2.45, 2.75) is 41.5 Å². The summed E-state index contributed by atoms with van der Waals surface area (Å²) in [5, 5.41) is 3.09. The number of nitrogens with one attached hydrogen (secondary N) is 1. The predicted molar refractivity (Wildman–Crippen MR) is 101 cm³/mol. The first-order valence-electron chi connectivity index (χ1n) is 8.21. The van der Waals surface area contributed by atoms with Gasteiger partial charge in [-0.15, -0.1) is 0 Å². The van der Waals surface area contributed by atoms with Gasteiger partial charge in [-0.2, -0.15) is 0 Å². The van der Waals surface area contributed by atoms with Gasteiger partial charge in [0, 0.05) is 16.7 Å². The molecule has 0 aliphatic carbocycles. The SMILES string of the molecule is COc1c(C)cc(-c2ccc(C)cc2NC(=O)C(C)(C)C)cc1C. The van der Waals surface area contributed by atoms with Crippen molar-refractivity contribution < 1.29 is 9.53 Å². The normalized spacial score (nSPS) is 11.3. The van der Waals surface area contributed by atoms with Crippen molar-refractivity contribution in [3.05, 3.63) is 47.0 Å². The molecule has 3 heteroatoms. The van der Waals surface area contributed by atoms with E-state index in [4.69, 9.17) is 4.74 Å². The third-order valence-electron chi connectivity index (χ3n) is 4.08. The zero-order valence-corrected chi connectivity index (χ0v) is 15.7. The highest BCUT2D eigenvalue weighted by Crippen LogP contribution is 2.35. The van der Waals surface area contributed by atoms with Gasteiger partial charge in [0.1, 0.15) is 5.75 Å². The molecule has 0 heterocycles. The van der Waals surface area contributed by atoms with Crippen LogP contribution < -0.4 is 10.1 Å². The summed E-state index contributed by atoms with van der Waals surface area (Å²) in [6.07, 6.45) is 0. The van der Waals surface area contributed by atoms with E-state index in [9.17, 15) is 4.79 Å². The molecule has 0 aliphatic rings. The van der Waals surface area contributed by atoms with Crippen LogP contribution in [0.5, 0.6) is 5.75 Å². The number of amides is 1. The maximum atomic E-state index is 12.4. The second kappa shape index (κ2) is 6.68. The Hall–Kier alpha value is -2.29. The number of anilines is 1. The number of rotatable bonds is 3. The van der Waals surface area contributed by atoms with Gasteiger partial charge < -0.3 is 10.1 Å². The van der Waals surface area contributed by atoms with Crippen LogP contribution >= 0.6 is 0 Å². The maximum absolute atomic E-state index is 12.4. The number of methoxy groups -OCH3 is 1. The van der Waals surface area contributed by atoms with Crippen LogP contribution in [-0.4, -0.2) is 13.0 Å². The largest absolute Gasteiger partial charge is 0.496 e. The van der Waals surface area contributed by atoms with Crippen molar-refractivity contribution in [1.82, 2.24) is 0 Å². The van der Waals surface area contributed by atoms with Crippen molar-refractivity contribution >= 4 is 11.6 Å². The Bertz CT molecular complexity index is 747. The number of hydrogen-bond acceptors (Lipinski definition) is 2. The van der Waals surface area contributed by atoms with Gasteiger partial charge in [-0.25, -0.2) is 0 Å². The molecule has 0 fully saturated rings. The number of benzene rings is 2. The van der Waals surface area contributed by atoms with Crippen LogP contribution in [0.4, 0.5) is 5.69 Å². The van der Waals surface area contributed by atoms with E-state index in [-0.39, 0.29) is 5.91 Å². The zero-order valence-electron chi connectivity index (χ0n) is 15.7. The molecule has 0 spiro atoms. The van der Waals surface area contributed by atoms with E-state index in [1.165, 1.54) is 0 Å². The van der Waals surface area contributed by atoms with Crippen LogP contribution in [-0.2, 0) is 4.79 Å². The standard InChI is InChI=1S/C21H27NO2/c1-13-8-9-17(18(10-13)22-20(23)21(4,5)6)16-11-14(2)19(24-7)15(3)12-16/h8-12H,1-7H3,(H,22,23). The molecule has 24 heavy (non-hydrogen) atoms. The van der Waals surface area contributed by atoms with Crippen molar-refractivity contribution in [1.29, 1.82) is 0 Å². The molecule has 2 aromatic rings. The first kappa shape index (κ1) is 18.1. The van der Waals surface area contributed by atoms with E-state index < -0.39 is 5.41 Å². The van der Waals surface area contributed by atoms with E-state index in [1.807, 2.05) is 47.6 Å². The quantitative estimate of drug-likeness (QED) is 0.834. The van der Waals surface area contributed by atoms with Crippen LogP contribution in [0.15, 0.2) is 30.3 Å². The summed E-state index contributed by atoms with van der Waals surface area (Å²) in [6.45, 7) is 11.9. The molecule has 0 radical (unpaired) electrons. The van der Waals surface area contributed by atoms with Gasteiger partial charge in [0.05, 0.1) is 7.11 Å². The topological polar surface area (TPSA) is 38.3 Å². The molecule has 0 bridgehead atoms. The van der Waals surface area contributed by atoms with E-state index in [2.05, 4.69) is 29.6 Å². The predicted octanol–water partition coefficient (Wildman–Crippen LogP) is 5.27. The van der Waals surface area contributed by atoms with E-state index in [0.29, 0.717) is 0 Å². The van der Waals surface area contributed by atoms with Crippen LogP contribution in [0.25, 0.3) is 11.1 Å². The summed E-state index contributed by atoms with van der Waals surface area (Å²) in [6, 6.07) is 10.4. The Morgan fingerprint density at radius 3 is 2.08 bits per heavy atom. The van der Waals surface area contributed by atoms with Crippen LogP contribution in [0.2, 0.25) is 0 Å². The summed E-state index contributed by atoms with van der Waals surface area (Å²) in [5.74, 6) is 0.919. The second-order valence-electron chi connectivity index (χ2n) is 7.40. The number of hydrogen-bond donors (Lipinski definition) is 1. The van der Waals surface area contributed by atoms with E-state index in [1.54, 1.807) is 7.11 Å². The first-order valence-corrected chi connectivity index (χ1v) is 8.21. The van der Waals surface area contributed by atoms with Crippen LogP contribution in [0, 0.1) is 26.2 Å². The number of aryl methyl sites for hydroxylation is 3. The maximum Gasteiger partial charge on any atom is 0.229 e. The second-order valence-corrected chi connectivity index (χ2v) is 7.40. The molecule has 2 aromatic carbocycles. The van der Waals surface area contributed by atoms with Crippen molar-refractivity contribution in [3.8, 4) is 16.9 Å². The van der Waals surface area contributed by atoms with Gasteiger partial charge in [-0.05, 0) is 61.2 Å².